The molecule has 4 nitrogen and oxygen atoms in total. The van der Waals surface area contributed by atoms with E-state index in [2.05, 4.69) is 6.58 Å². The molecular formula is C7H11FO4. The molecule has 0 aromatic heterocycles. The predicted octanol–water partition coefficient (Wildman–Crippen LogP) is 0.405. The fraction of sp³-hybridized carbons (Fsp3) is 0.571. The van der Waals surface area contributed by atoms with Crippen LogP contribution in [-0.2, 0) is 4.79 Å². The second-order valence-electron chi connectivity index (χ2n) is 2.49. The summed E-state index contributed by atoms with van der Waals surface area (Å²) in [5.74, 6) is -5.08. The van der Waals surface area contributed by atoms with Crippen LogP contribution in [0.5, 0.6) is 0 Å². The fourth-order valence-electron chi connectivity index (χ4n) is 0.634. The van der Waals surface area contributed by atoms with Crippen LogP contribution < -0.4 is 0 Å². The highest BCUT2D eigenvalue weighted by Gasteiger charge is 2.31. The summed E-state index contributed by atoms with van der Waals surface area (Å²) in [6.07, 6.45) is -0.434. The van der Waals surface area contributed by atoms with Gasteiger partial charge in [-0.05, 0) is 12.8 Å². The maximum absolute atomic E-state index is 12.0. The van der Waals surface area contributed by atoms with Gasteiger partial charge in [0.2, 0.25) is 0 Å². The van der Waals surface area contributed by atoms with Crippen molar-refractivity contribution in [1.29, 1.82) is 0 Å². The number of carboxylic acid groups (broad SMARTS) is 1. The van der Waals surface area contributed by atoms with Crippen LogP contribution >= 0.6 is 0 Å². The molecule has 5 heteroatoms. The lowest BCUT2D eigenvalue weighted by atomic mass is 10.1. The van der Waals surface area contributed by atoms with Crippen molar-refractivity contribution < 1.29 is 24.5 Å². The summed E-state index contributed by atoms with van der Waals surface area (Å²) >= 11 is 0. The van der Waals surface area contributed by atoms with Gasteiger partial charge in [-0.1, -0.05) is 6.58 Å². The number of aliphatic carboxylic acids is 1. The first-order valence-electron chi connectivity index (χ1n) is 3.37. The van der Waals surface area contributed by atoms with Crippen molar-refractivity contribution in [2.75, 3.05) is 0 Å². The third-order valence-corrected chi connectivity index (χ3v) is 1.32. The van der Waals surface area contributed by atoms with Gasteiger partial charge in [-0.25, -0.2) is 9.18 Å². The Kier molecular flexibility index (Phi) is 3.85. The molecule has 0 aromatic rings. The molecule has 0 bridgehead atoms. The number of rotatable bonds is 5. The Bertz CT molecular complexity index is 188. The summed E-state index contributed by atoms with van der Waals surface area (Å²) in [4.78, 5) is 10.1. The van der Waals surface area contributed by atoms with Crippen LogP contribution in [0.2, 0.25) is 0 Å². The van der Waals surface area contributed by atoms with Gasteiger partial charge >= 0.3 is 5.97 Å². The average molecular weight is 178 g/mol. The van der Waals surface area contributed by atoms with E-state index < -0.39 is 24.0 Å². The van der Waals surface area contributed by atoms with Crippen LogP contribution in [0.4, 0.5) is 4.39 Å². The fourth-order valence-corrected chi connectivity index (χ4v) is 0.634. The number of carbonyl (C=O) groups is 1. The van der Waals surface area contributed by atoms with Crippen molar-refractivity contribution in [3.63, 3.8) is 0 Å². The van der Waals surface area contributed by atoms with E-state index in [1.54, 1.807) is 0 Å². The summed E-state index contributed by atoms with van der Waals surface area (Å²) in [5.41, 5.74) is 0. The van der Waals surface area contributed by atoms with Crippen molar-refractivity contribution in [2.45, 2.75) is 25.0 Å². The van der Waals surface area contributed by atoms with Crippen molar-refractivity contribution in [1.82, 2.24) is 0 Å². The average Bonchev–Trinajstić information content (AvgIpc) is 1.85. The third kappa shape index (κ3) is 4.05. The van der Waals surface area contributed by atoms with Gasteiger partial charge in [-0.15, -0.1) is 0 Å². The maximum Gasteiger partial charge on any atom is 0.364 e. The lowest BCUT2D eigenvalue weighted by Crippen LogP contribution is -2.37. The Hall–Kier alpha value is -0.940. The summed E-state index contributed by atoms with van der Waals surface area (Å²) in [6.45, 7) is 2.94. The zero-order valence-corrected chi connectivity index (χ0v) is 6.46. The molecule has 3 N–H and O–H groups in total. The molecule has 0 aromatic carbocycles. The monoisotopic (exact) mass is 178 g/mol. The number of hydrogen-bond acceptors (Lipinski definition) is 3. The molecule has 0 rings (SSSR count). The van der Waals surface area contributed by atoms with E-state index >= 15 is 0 Å². The second-order valence-corrected chi connectivity index (χ2v) is 2.49. The Balaban J connectivity index is 3.76. The quantitative estimate of drug-likeness (QED) is 0.532. The van der Waals surface area contributed by atoms with Crippen molar-refractivity contribution in [2.24, 2.45) is 0 Å². The smallest absolute Gasteiger partial charge is 0.364 e. The van der Waals surface area contributed by atoms with Gasteiger partial charge in [0.25, 0.3) is 5.79 Å². The molecule has 0 saturated carbocycles. The lowest BCUT2D eigenvalue weighted by molar-refractivity contribution is -0.205. The van der Waals surface area contributed by atoms with E-state index in [0.29, 0.717) is 0 Å². The molecule has 70 valence electrons. The minimum atomic E-state index is -2.75. The summed E-state index contributed by atoms with van der Waals surface area (Å²) in [5, 5.41) is 25.6. The molecule has 0 spiro atoms. The molecule has 0 atom stereocenters. The number of aliphatic hydroxyl groups is 2. The van der Waals surface area contributed by atoms with E-state index in [9.17, 15) is 9.18 Å². The Labute approximate surface area is 68.9 Å². The van der Waals surface area contributed by atoms with Gasteiger partial charge in [0, 0.05) is 6.42 Å². The van der Waals surface area contributed by atoms with Crippen LogP contribution in [0.1, 0.15) is 19.3 Å². The molecule has 0 fully saturated rings. The molecule has 0 amide bonds. The highest BCUT2D eigenvalue weighted by atomic mass is 19.1. The summed E-state index contributed by atoms with van der Waals surface area (Å²) < 4.78 is 12.0. The Morgan fingerprint density at radius 3 is 2.33 bits per heavy atom. The molecule has 0 aliphatic rings. The molecule has 0 aliphatic heterocycles. The highest BCUT2D eigenvalue weighted by Crippen LogP contribution is 2.14. The number of carboxylic acids is 1. The van der Waals surface area contributed by atoms with Gasteiger partial charge in [-0.2, -0.15) is 0 Å². The van der Waals surface area contributed by atoms with E-state index in [0.717, 1.165) is 0 Å². The van der Waals surface area contributed by atoms with E-state index in [4.69, 9.17) is 15.3 Å². The lowest BCUT2D eigenvalue weighted by Gasteiger charge is -2.15. The van der Waals surface area contributed by atoms with Crippen molar-refractivity contribution >= 4 is 5.97 Å². The first-order valence-corrected chi connectivity index (χ1v) is 3.37. The topological polar surface area (TPSA) is 77.8 Å². The zero-order chi connectivity index (χ0) is 9.78. The van der Waals surface area contributed by atoms with Gasteiger partial charge in [-0.3, -0.25) is 0 Å². The predicted molar refractivity (Wildman–Crippen MR) is 38.9 cm³/mol. The van der Waals surface area contributed by atoms with Gasteiger partial charge in [0.15, 0.2) is 0 Å². The molecule has 12 heavy (non-hydrogen) atoms. The molecule has 0 unspecified atom stereocenters. The molecule has 0 heterocycles. The van der Waals surface area contributed by atoms with Crippen molar-refractivity contribution in [3.8, 4) is 0 Å². The van der Waals surface area contributed by atoms with Crippen LogP contribution in [0.15, 0.2) is 12.4 Å². The minimum Gasteiger partial charge on any atom is -0.477 e. The largest absolute Gasteiger partial charge is 0.477 e. The molecular weight excluding hydrogens is 167 g/mol. The minimum absolute atomic E-state index is 0.0363. The maximum atomic E-state index is 12.0. The Morgan fingerprint density at radius 2 is 2.00 bits per heavy atom. The number of allylic oxidation sites excluding steroid dienone is 1. The van der Waals surface area contributed by atoms with Crippen LogP contribution in [0, 0.1) is 0 Å². The summed E-state index contributed by atoms with van der Waals surface area (Å²) in [6, 6.07) is 0. The first kappa shape index (κ1) is 11.1. The first-order chi connectivity index (χ1) is 5.36. The molecule has 0 saturated heterocycles. The molecule has 0 aliphatic carbocycles. The van der Waals surface area contributed by atoms with Crippen LogP contribution in [-0.4, -0.2) is 27.1 Å². The van der Waals surface area contributed by atoms with Crippen LogP contribution in [0.25, 0.3) is 0 Å². The molecule has 0 radical (unpaired) electrons. The van der Waals surface area contributed by atoms with E-state index in [1.165, 1.54) is 0 Å². The van der Waals surface area contributed by atoms with Crippen LogP contribution in [0.3, 0.4) is 0 Å². The summed E-state index contributed by atoms with van der Waals surface area (Å²) in [7, 11) is 0. The van der Waals surface area contributed by atoms with Crippen molar-refractivity contribution in [3.05, 3.63) is 12.4 Å². The van der Waals surface area contributed by atoms with Gasteiger partial charge in [0.05, 0.1) is 5.83 Å². The second kappa shape index (κ2) is 4.18. The number of halogens is 1. The standard InChI is InChI=1S/C7H11FO4/c1-5(8)3-2-4-7(11,12)6(9)10/h11-12H,1-4H2,(H,9,10). The zero-order valence-electron chi connectivity index (χ0n) is 6.46. The van der Waals surface area contributed by atoms with Gasteiger partial charge < -0.3 is 15.3 Å². The SMILES string of the molecule is C=C(F)CCCC(O)(O)C(=O)O. The normalized spacial score (nSPS) is 11.2. The highest BCUT2D eigenvalue weighted by molar-refractivity contribution is 5.74. The van der Waals surface area contributed by atoms with E-state index in [1.807, 2.05) is 0 Å². The van der Waals surface area contributed by atoms with Gasteiger partial charge in [0.1, 0.15) is 0 Å². The number of hydrogen-bond donors (Lipinski definition) is 3. The Morgan fingerprint density at radius 1 is 1.50 bits per heavy atom. The van der Waals surface area contributed by atoms with E-state index in [-0.39, 0.29) is 12.8 Å². The third-order valence-electron chi connectivity index (χ3n) is 1.32.